The Bertz CT molecular complexity index is 3380. The lowest BCUT2D eigenvalue weighted by atomic mass is 9.90. The van der Waals surface area contributed by atoms with Gasteiger partial charge in [0.25, 0.3) is 0 Å². The van der Waals surface area contributed by atoms with E-state index in [9.17, 15) is 11.0 Å². The second kappa shape index (κ2) is 14.0. The highest BCUT2D eigenvalue weighted by Crippen LogP contribution is 2.41. The second-order valence-electron chi connectivity index (χ2n) is 13.5. The number of benzene rings is 10. The fraction of sp³-hybridized carbons (Fsp3) is 0. The lowest BCUT2D eigenvalue weighted by molar-refractivity contribution is 1.29. The number of hydrogen-bond acceptors (Lipinski definition) is 1. The third-order valence-electron chi connectivity index (χ3n) is 10.2. The highest BCUT2D eigenvalue weighted by molar-refractivity contribution is 6.04. The molecule has 10 rings (SSSR count). The Kier molecular flexibility index (Phi) is 6.33. The molecule has 0 spiro atoms. The maximum absolute atomic E-state index is 9.67. The Morgan fingerprint density at radius 1 is 0.291 bits per heavy atom. The summed E-state index contributed by atoms with van der Waals surface area (Å²) in [5, 5.41) is 5.79. The molecule has 0 saturated carbocycles. The third kappa shape index (κ3) is 6.22. The smallest absolute Gasteiger partial charge is 0.0645 e. The Morgan fingerprint density at radius 2 is 0.782 bits per heavy atom. The van der Waals surface area contributed by atoms with Crippen LogP contribution in [0.1, 0.15) is 11.0 Å². The molecule has 1 heteroatoms. The second-order valence-corrected chi connectivity index (χ2v) is 13.5. The van der Waals surface area contributed by atoms with E-state index in [2.05, 4.69) is 24.3 Å². The van der Waals surface area contributed by atoms with Crippen molar-refractivity contribution in [2.75, 3.05) is 4.90 Å². The summed E-state index contributed by atoms with van der Waals surface area (Å²) in [5.41, 5.74) is 4.78. The van der Waals surface area contributed by atoms with Crippen LogP contribution in [0.3, 0.4) is 0 Å². The normalized spacial score (nSPS) is 13.3. The van der Waals surface area contributed by atoms with Crippen molar-refractivity contribution in [1.29, 1.82) is 0 Å². The molecule has 0 aromatic heterocycles. The monoisotopic (exact) mass is 707 g/mol. The van der Waals surface area contributed by atoms with E-state index >= 15 is 0 Å². The fourth-order valence-corrected chi connectivity index (χ4v) is 7.39. The first-order valence-electron chi connectivity index (χ1n) is 22.3. The molecule has 0 aliphatic carbocycles. The summed E-state index contributed by atoms with van der Waals surface area (Å²) >= 11 is 0. The van der Waals surface area contributed by atoms with Crippen LogP contribution in [0.2, 0.25) is 0 Å². The van der Waals surface area contributed by atoms with Crippen LogP contribution in [0.5, 0.6) is 0 Å². The maximum Gasteiger partial charge on any atom is 0.0645 e. The molecule has 0 unspecified atom stereocenters. The van der Waals surface area contributed by atoms with E-state index in [0.29, 0.717) is 16.8 Å². The van der Waals surface area contributed by atoms with Gasteiger partial charge in [0.1, 0.15) is 0 Å². The fourth-order valence-electron chi connectivity index (χ4n) is 7.39. The van der Waals surface area contributed by atoms with Crippen LogP contribution in [-0.2, 0) is 0 Å². The first-order chi connectivity index (χ1) is 30.6. The van der Waals surface area contributed by atoms with E-state index in [-0.39, 0.29) is 58.8 Å². The molecular formula is C54H37N. The molecular weight excluding hydrogens is 663 g/mol. The average Bonchev–Trinajstić information content (AvgIpc) is 3.32. The van der Waals surface area contributed by atoms with Crippen molar-refractivity contribution in [3.05, 3.63) is 224 Å². The molecule has 0 aliphatic heterocycles. The quantitative estimate of drug-likeness (QED) is 0.159. The van der Waals surface area contributed by atoms with Crippen molar-refractivity contribution in [3.63, 3.8) is 0 Å². The molecule has 0 saturated heterocycles. The van der Waals surface area contributed by atoms with Gasteiger partial charge in [0, 0.05) is 17.1 Å². The first-order valence-corrected chi connectivity index (χ1v) is 18.3. The molecule has 55 heavy (non-hydrogen) atoms. The summed E-state index contributed by atoms with van der Waals surface area (Å²) in [6.45, 7) is 0. The van der Waals surface area contributed by atoms with Crippen molar-refractivity contribution in [2.45, 2.75) is 0 Å². The maximum atomic E-state index is 9.67. The summed E-state index contributed by atoms with van der Waals surface area (Å²) in [7, 11) is 0. The van der Waals surface area contributed by atoms with Crippen LogP contribution in [0, 0.1) is 0 Å². The van der Waals surface area contributed by atoms with Gasteiger partial charge in [-0.15, -0.1) is 0 Å². The third-order valence-corrected chi connectivity index (χ3v) is 10.2. The van der Waals surface area contributed by atoms with Crippen molar-refractivity contribution < 1.29 is 11.0 Å². The van der Waals surface area contributed by atoms with Gasteiger partial charge in [-0.05, 0) is 119 Å². The van der Waals surface area contributed by atoms with Gasteiger partial charge in [-0.25, -0.2) is 0 Å². The summed E-state index contributed by atoms with van der Waals surface area (Å²) in [6.07, 6.45) is 0. The van der Waals surface area contributed by atoms with Gasteiger partial charge in [-0.1, -0.05) is 182 Å². The van der Waals surface area contributed by atoms with Crippen molar-refractivity contribution in [3.8, 4) is 44.5 Å². The Morgan fingerprint density at radius 3 is 1.45 bits per heavy atom. The Labute approximate surface area is 333 Å². The van der Waals surface area contributed by atoms with Crippen molar-refractivity contribution in [2.24, 2.45) is 0 Å². The van der Waals surface area contributed by atoms with E-state index < -0.39 is 12.1 Å². The van der Waals surface area contributed by atoms with Crippen LogP contribution < -0.4 is 4.90 Å². The molecule has 0 amide bonds. The molecule has 0 fully saturated rings. The van der Waals surface area contributed by atoms with Crippen molar-refractivity contribution >= 4 is 49.4 Å². The summed E-state index contributed by atoms with van der Waals surface area (Å²) in [4.78, 5) is 1.36. The molecule has 0 bridgehead atoms. The van der Waals surface area contributed by atoms with Gasteiger partial charge >= 0.3 is 0 Å². The number of hydrogen-bond donors (Lipinski definition) is 0. The van der Waals surface area contributed by atoms with E-state index in [1.54, 1.807) is 24.3 Å². The standard InChI is InChI=1S/C54H37N/c1-2-13-45(14-3-1)54-52-17-9-8-12-43(52)29-35-53(54)44-27-32-50(33-28-44)55(51-34-26-39-11-5-7-16-47(39)37-51)49-30-24-41(25-31-49)40-18-20-42(21-19-40)48-23-22-38-10-4-6-15-46(38)36-48/h1-37H/i24D,25D,27D,28D,30D,31D,32D,33D. The predicted octanol–water partition coefficient (Wildman–Crippen LogP) is 15.3. The minimum absolute atomic E-state index is 0.108. The Hall–Kier alpha value is -7.22. The van der Waals surface area contributed by atoms with E-state index in [0.717, 1.165) is 54.6 Å². The molecule has 10 aromatic carbocycles. The van der Waals surface area contributed by atoms with Gasteiger partial charge < -0.3 is 4.90 Å². The number of anilines is 3. The lowest BCUT2D eigenvalue weighted by Crippen LogP contribution is -2.09. The minimum atomic E-state index is -0.392. The van der Waals surface area contributed by atoms with E-state index in [1.165, 1.54) is 4.90 Å². The molecule has 0 N–H and O–H groups in total. The summed E-state index contributed by atoms with van der Waals surface area (Å²) in [6, 6.07) is 53.3. The van der Waals surface area contributed by atoms with Gasteiger partial charge in [0.15, 0.2) is 0 Å². The highest BCUT2D eigenvalue weighted by atomic mass is 15.1. The highest BCUT2D eigenvalue weighted by Gasteiger charge is 2.16. The molecule has 1 nitrogen and oxygen atoms in total. The Balaban J connectivity index is 1.16. The van der Waals surface area contributed by atoms with E-state index in [1.807, 2.05) is 127 Å². The van der Waals surface area contributed by atoms with Crippen LogP contribution >= 0.6 is 0 Å². The summed E-state index contributed by atoms with van der Waals surface area (Å²) < 4.78 is 76.4. The molecule has 0 heterocycles. The number of nitrogens with zero attached hydrogens (tertiary/aromatic N) is 1. The van der Waals surface area contributed by atoms with Crippen LogP contribution in [0.4, 0.5) is 17.1 Å². The zero-order chi connectivity index (χ0) is 43.5. The first kappa shape index (κ1) is 24.9. The average molecular weight is 708 g/mol. The molecule has 0 aliphatic rings. The molecule has 10 aromatic rings. The van der Waals surface area contributed by atoms with Crippen molar-refractivity contribution in [1.82, 2.24) is 0 Å². The zero-order valence-corrected chi connectivity index (χ0v) is 29.7. The predicted molar refractivity (Wildman–Crippen MR) is 235 cm³/mol. The van der Waals surface area contributed by atoms with Gasteiger partial charge in [0.05, 0.1) is 11.0 Å². The zero-order valence-electron chi connectivity index (χ0n) is 37.7. The molecule has 258 valence electrons. The van der Waals surface area contributed by atoms with Crippen LogP contribution in [0.25, 0.3) is 76.8 Å². The van der Waals surface area contributed by atoms with Crippen LogP contribution in [-0.4, -0.2) is 0 Å². The molecule has 0 radical (unpaired) electrons. The van der Waals surface area contributed by atoms with Gasteiger partial charge in [-0.2, -0.15) is 0 Å². The van der Waals surface area contributed by atoms with Crippen LogP contribution in [0.15, 0.2) is 224 Å². The molecule has 0 atom stereocenters. The van der Waals surface area contributed by atoms with Gasteiger partial charge in [-0.3, -0.25) is 0 Å². The number of rotatable bonds is 7. The van der Waals surface area contributed by atoms with Gasteiger partial charge in [0.2, 0.25) is 0 Å². The van der Waals surface area contributed by atoms with E-state index in [4.69, 9.17) is 0 Å². The summed E-state index contributed by atoms with van der Waals surface area (Å²) in [5.74, 6) is 0. The largest absolute Gasteiger partial charge is 0.310 e. The minimum Gasteiger partial charge on any atom is -0.310 e. The SMILES string of the molecule is [2H]c1c([2H])c(N(c2ccc3ccccc3c2)c2c([2H])c([2H])c(-c3ccc4ccccc4c3-c3ccccc3)c([2H])c2[2H])c([2H])c([2H])c1-c1ccc(-c2ccc3ccccc3c2)cc1. The lowest BCUT2D eigenvalue weighted by Gasteiger charge is -2.26. The number of fused-ring (bicyclic) bond motifs is 3. The topological polar surface area (TPSA) is 3.24 Å².